The Morgan fingerprint density at radius 2 is 0.762 bits per heavy atom. The monoisotopic (exact) mass is 314 g/mol. The Hall–Kier alpha value is -0.320. The number of ether oxygens (including phenoxy) is 5. The smallest absolute Gasteiger partial charge is 0.0701 e. The quantitative estimate of drug-likeness (QED) is 0.319. The molecule has 0 saturated heterocycles. The summed E-state index contributed by atoms with van der Waals surface area (Å²) in [6, 6.07) is 0. The van der Waals surface area contributed by atoms with Crippen LogP contribution in [0.25, 0.3) is 0 Å². The van der Waals surface area contributed by atoms with Gasteiger partial charge in [0.1, 0.15) is 0 Å². The largest absolute Gasteiger partial charge is 0.394 e. The second-order valence-corrected chi connectivity index (χ2v) is 3.61. The van der Waals surface area contributed by atoms with E-state index in [2.05, 4.69) is 4.74 Å². The molecule has 0 bridgehead atoms. The average Bonchev–Trinajstić information content (AvgIpc) is 2.51. The number of aliphatic hydroxyl groups is 3. The molecule has 0 amide bonds. The summed E-state index contributed by atoms with van der Waals surface area (Å²) in [5.41, 5.74) is 0. The number of aliphatic hydroxyl groups excluding tert-OH is 3. The van der Waals surface area contributed by atoms with Crippen molar-refractivity contribution in [3.05, 3.63) is 0 Å². The molecule has 0 saturated carbocycles. The molecule has 8 heteroatoms. The van der Waals surface area contributed by atoms with Gasteiger partial charge in [0.05, 0.1) is 79.3 Å². The van der Waals surface area contributed by atoms with Gasteiger partial charge in [-0.1, -0.05) is 0 Å². The van der Waals surface area contributed by atoms with Crippen molar-refractivity contribution in [2.24, 2.45) is 0 Å². The maximum absolute atomic E-state index is 8.36. The minimum Gasteiger partial charge on any atom is -0.394 e. The van der Waals surface area contributed by atoms with E-state index in [0.29, 0.717) is 59.5 Å². The van der Waals surface area contributed by atoms with Crippen molar-refractivity contribution in [2.45, 2.75) is 0 Å². The lowest BCUT2D eigenvalue weighted by molar-refractivity contribution is 0.00230. The number of rotatable bonds is 15. The first-order valence-corrected chi connectivity index (χ1v) is 6.96. The van der Waals surface area contributed by atoms with Crippen LogP contribution in [0.5, 0.6) is 0 Å². The van der Waals surface area contributed by atoms with Crippen LogP contribution < -0.4 is 0 Å². The van der Waals surface area contributed by atoms with Gasteiger partial charge in [-0.3, -0.25) is 0 Å². The molecule has 0 aromatic heterocycles. The fraction of sp³-hybridized carbons (Fsp3) is 1.00. The van der Waals surface area contributed by atoms with Gasteiger partial charge in [-0.05, 0) is 0 Å². The van der Waals surface area contributed by atoms with E-state index in [4.69, 9.17) is 34.3 Å². The Labute approximate surface area is 126 Å². The molecule has 0 radical (unpaired) electrons. The molecule has 21 heavy (non-hydrogen) atoms. The Balaban J connectivity index is 0. The molecule has 3 N–H and O–H groups in total. The molecule has 0 aliphatic carbocycles. The van der Waals surface area contributed by atoms with Crippen LogP contribution in [0.3, 0.4) is 0 Å². The Kier molecular flexibility index (Phi) is 27.0. The second-order valence-electron chi connectivity index (χ2n) is 3.61. The maximum Gasteiger partial charge on any atom is 0.0701 e. The highest BCUT2D eigenvalue weighted by atomic mass is 16.5. The lowest BCUT2D eigenvalue weighted by atomic mass is 10.7. The molecular formula is C13H30O8. The predicted octanol–water partition coefficient (Wildman–Crippen LogP) is -1.34. The van der Waals surface area contributed by atoms with Gasteiger partial charge in [0.2, 0.25) is 0 Å². The van der Waals surface area contributed by atoms with E-state index >= 15 is 0 Å². The number of hydrogen-bond donors (Lipinski definition) is 3. The molecule has 0 spiro atoms. The van der Waals surface area contributed by atoms with Crippen LogP contribution in [0.15, 0.2) is 0 Å². The summed E-state index contributed by atoms with van der Waals surface area (Å²) in [4.78, 5) is 0. The lowest BCUT2D eigenvalue weighted by Gasteiger charge is -2.04. The highest BCUT2D eigenvalue weighted by Gasteiger charge is 1.90. The van der Waals surface area contributed by atoms with Crippen LogP contribution in [0, 0.1) is 0 Å². The van der Waals surface area contributed by atoms with Crippen molar-refractivity contribution < 1.29 is 39.0 Å². The number of hydrogen-bond acceptors (Lipinski definition) is 8. The van der Waals surface area contributed by atoms with Gasteiger partial charge in [-0.15, -0.1) is 0 Å². The molecule has 0 unspecified atom stereocenters. The van der Waals surface area contributed by atoms with Crippen LogP contribution >= 0.6 is 0 Å². The zero-order valence-corrected chi connectivity index (χ0v) is 12.9. The van der Waals surface area contributed by atoms with Crippen molar-refractivity contribution in [1.82, 2.24) is 0 Å². The summed E-state index contributed by atoms with van der Waals surface area (Å²) in [6.07, 6.45) is 0. The summed E-state index contributed by atoms with van der Waals surface area (Å²) in [5.74, 6) is 0. The molecular weight excluding hydrogens is 284 g/mol. The fourth-order valence-electron chi connectivity index (χ4n) is 0.980. The highest BCUT2D eigenvalue weighted by Crippen LogP contribution is 1.80. The third kappa shape index (κ3) is 28.5. The van der Waals surface area contributed by atoms with E-state index in [9.17, 15) is 0 Å². The van der Waals surface area contributed by atoms with E-state index < -0.39 is 0 Å². The van der Waals surface area contributed by atoms with Crippen molar-refractivity contribution in [1.29, 1.82) is 0 Å². The SMILES string of the molecule is COCCOCCO.OCCOCCOCCOCCO. The van der Waals surface area contributed by atoms with Gasteiger partial charge < -0.3 is 39.0 Å². The third-order valence-electron chi connectivity index (χ3n) is 1.88. The Morgan fingerprint density at radius 3 is 1.05 bits per heavy atom. The van der Waals surface area contributed by atoms with Gasteiger partial charge in [0, 0.05) is 7.11 Å². The van der Waals surface area contributed by atoms with Crippen LogP contribution in [0.1, 0.15) is 0 Å². The first-order valence-electron chi connectivity index (χ1n) is 6.96. The van der Waals surface area contributed by atoms with Crippen LogP contribution in [0.4, 0.5) is 0 Å². The van der Waals surface area contributed by atoms with Crippen molar-refractivity contribution in [2.75, 3.05) is 86.4 Å². The van der Waals surface area contributed by atoms with Crippen LogP contribution in [0.2, 0.25) is 0 Å². The first kappa shape index (κ1) is 23.0. The molecule has 0 aromatic rings. The maximum atomic E-state index is 8.36. The van der Waals surface area contributed by atoms with E-state index in [-0.39, 0.29) is 19.8 Å². The summed E-state index contributed by atoms with van der Waals surface area (Å²) in [7, 11) is 1.61. The predicted molar refractivity (Wildman–Crippen MR) is 76.4 cm³/mol. The van der Waals surface area contributed by atoms with E-state index in [1.807, 2.05) is 0 Å². The molecule has 0 fully saturated rings. The molecule has 0 aliphatic rings. The Morgan fingerprint density at radius 1 is 0.476 bits per heavy atom. The number of methoxy groups -OCH3 is 1. The van der Waals surface area contributed by atoms with Gasteiger partial charge in [-0.25, -0.2) is 0 Å². The zero-order chi connectivity index (χ0) is 16.0. The lowest BCUT2D eigenvalue weighted by Crippen LogP contribution is -2.11. The Bertz CT molecular complexity index is 143. The van der Waals surface area contributed by atoms with E-state index in [0.717, 1.165) is 0 Å². The third-order valence-corrected chi connectivity index (χ3v) is 1.88. The summed E-state index contributed by atoms with van der Waals surface area (Å²) >= 11 is 0. The van der Waals surface area contributed by atoms with Gasteiger partial charge in [0.25, 0.3) is 0 Å². The van der Waals surface area contributed by atoms with Crippen LogP contribution in [-0.2, 0) is 23.7 Å². The zero-order valence-electron chi connectivity index (χ0n) is 12.9. The molecule has 0 aromatic carbocycles. The standard InChI is InChI=1S/C8H18O5.C5H12O3/c9-1-3-11-5-7-13-8-6-12-4-2-10;1-7-4-5-8-3-2-6/h9-10H,1-8H2;6H,2-5H2,1H3. The molecule has 0 heterocycles. The second kappa shape index (κ2) is 24.7. The van der Waals surface area contributed by atoms with Gasteiger partial charge >= 0.3 is 0 Å². The first-order chi connectivity index (χ1) is 10.3. The minimum atomic E-state index is 0.0413. The highest BCUT2D eigenvalue weighted by molar-refractivity contribution is 4.33. The molecule has 130 valence electrons. The molecule has 0 atom stereocenters. The van der Waals surface area contributed by atoms with Gasteiger partial charge in [-0.2, -0.15) is 0 Å². The normalized spacial score (nSPS) is 10.3. The minimum absolute atomic E-state index is 0.0413. The fourth-order valence-corrected chi connectivity index (χ4v) is 0.980. The van der Waals surface area contributed by atoms with E-state index in [1.54, 1.807) is 7.11 Å². The summed E-state index contributed by atoms with van der Waals surface area (Å²) < 4.78 is 24.6. The average molecular weight is 314 g/mol. The molecule has 8 nitrogen and oxygen atoms in total. The molecule has 0 rings (SSSR count). The van der Waals surface area contributed by atoms with Crippen molar-refractivity contribution >= 4 is 0 Å². The van der Waals surface area contributed by atoms with Crippen molar-refractivity contribution in [3.63, 3.8) is 0 Å². The summed E-state index contributed by atoms with van der Waals surface area (Å²) in [5, 5.41) is 24.9. The van der Waals surface area contributed by atoms with E-state index in [1.165, 1.54) is 0 Å². The van der Waals surface area contributed by atoms with Crippen molar-refractivity contribution in [3.8, 4) is 0 Å². The summed E-state index contributed by atoms with van der Waals surface area (Å²) in [6.45, 7) is 4.42. The topological polar surface area (TPSA) is 107 Å². The molecule has 0 aliphatic heterocycles. The van der Waals surface area contributed by atoms with Gasteiger partial charge in [0.15, 0.2) is 0 Å². The van der Waals surface area contributed by atoms with Crippen LogP contribution in [-0.4, -0.2) is 102 Å².